The molecule has 14 heavy (non-hydrogen) atoms. The highest BCUT2D eigenvalue weighted by atomic mass is 16.5. The van der Waals surface area contributed by atoms with Gasteiger partial charge >= 0.3 is 0 Å². The molecule has 0 aromatic heterocycles. The minimum absolute atomic E-state index is 0.919. The Labute approximate surface area is 88.0 Å². The Morgan fingerprint density at radius 1 is 1.00 bits per heavy atom. The van der Waals surface area contributed by atoms with Gasteiger partial charge in [0.15, 0.2) is 0 Å². The average molecular weight is 200 g/mol. The maximum absolute atomic E-state index is 5.03. The molecule has 0 aliphatic carbocycles. The topological polar surface area (TPSA) is 15.7 Å². The van der Waals surface area contributed by atoms with E-state index in [9.17, 15) is 0 Å². The third-order valence-corrected chi connectivity index (χ3v) is 2.92. The maximum atomic E-state index is 5.03. The normalized spacial score (nSPS) is 20.1. The molecule has 1 heterocycles. The molecule has 1 aliphatic rings. The predicted octanol–water partition coefficient (Wildman–Crippen LogP) is 1.05. The monoisotopic (exact) mass is 200 g/mol. The summed E-state index contributed by atoms with van der Waals surface area (Å²) in [4.78, 5) is 4.98. The van der Waals surface area contributed by atoms with Gasteiger partial charge in [0, 0.05) is 39.9 Å². The van der Waals surface area contributed by atoms with Crippen LogP contribution in [0.4, 0.5) is 0 Å². The number of rotatable bonds is 6. The van der Waals surface area contributed by atoms with E-state index in [0.29, 0.717) is 0 Å². The first kappa shape index (κ1) is 12.0. The molecule has 1 fully saturated rings. The van der Waals surface area contributed by atoms with Gasteiger partial charge in [0.25, 0.3) is 0 Å². The Hall–Kier alpha value is -0.120. The molecule has 84 valence electrons. The molecule has 1 saturated heterocycles. The molecule has 0 saturated carbocycles. The number of ether oxygens (including phenoxy) is 1. The Kier molecular flexibility index (Phi) is 6.15. The van der Waals surface area contributed by atoms with Gasteiger partial charge in [-0.15, -0.1) is 0 Å². The van der Waals surface area contributed by atoms with Crippen LogP contribution in [0, 0.1) is 0 Å². The second kappa shape index (κ2) is 7.21. The van der Waals surface area contributed by atoms with Crippen molar-refractivity contribution in [1.29, 1.82) is 0 Å². The molecule has 0 amide bonds. The summed E-state index contributed by atoms with van der Waals surface area (Å²) >= 11 is 0. The summed E-state index contributed by atoms with van der Waals surface area (Å²) in [7, 11) is 3.98. The van der Waals surface area contributed by atoms with Gasteiger partial charge < -0.3 is 14.5 Å². The van der Waals surface area contributed by atoms with Crippen LogP contribution in [0.3, 0.4) is 0 Å². The van der Waals surface area contributed by atoms with Gasteiger partial charge in [0.05, 0.1) is 0 Å². The first-order valence-corrected chi connectivity index (χ1v) is 5.73. The minimum Gasteiger partial charge on any atom is -0.385 e. The van der Waals surface area contributed by atoms with E-state index in [4.69, 9.17) is 4.74 Å². The van der Waals surface area contributed by atoms with E-state index in [1.807, 2.05) is 0 Å². The van der Waals surface area contributed by atoms with Gasteiger partial charge in [-0.2, -0.15) is 0 Å². The van der Waals surface area contributed by atoms with E-state index in [1.165, 1.54) is 52.0 Å². The van der Waals surface area contributed by atoms with E-state index in [2.05, 4.69) is 16.8 Å². The van der Waals surface area contributed by atoms with E-state index in [-0.39, 0.29) is 0 Å². The molecule has 0 unspecified atom stereocenters. The van der Waals surface area contributed by atoms with Gasteiger partial charge in [-0.1, -0.05) is 0 Å². The molecule has 0 radical (unpaired) electrons. The Morgan fingerprint density at radius 3 is 2.36 bits per heavy atom. The third-order valence-electron chi connectivity index (χ3n) is 2.92. The van der Waals surface area contributed by atoms with E-state index < -0.39 is 0 Å². The molecule has 0 bridgehead atoms. The van der Waals surface area contributed by atoms with Crippen LogP contribution in [0.15, 0.2) is 0 Å². The van der Waals surface area contributed by atoms with Crippen molar-refractivity contribution in [3.8, 4) is 0 Å². The minimum atomic E-state index is 0.919. The molecule has 0 N–H and O–H groups in total. The molecule has 0 aromatic rings. The summed E-state index contributed by atoms with van der Waals surface area (Å²) in [5.74, 6) is 0. The fourth-order valence-corrected chi connectivity index (χ4v) is 1.83. The van der Waals surface area contributed by atoms with Gasteiger partial charge in [0.2, 0.25) is 0 Å². The summed E-state index contributed by atoms with van der Waals surface area (Å²) in [6.07, 6.45) is 3.84. The summed E-state index contributed by atoms with van der Waals surface area (Å²) in [5.41, 5.74) is 0. The zero-order valence-corrected chi connectivity index (χ0v) is 9.67. The van der Waals surface area contributed by atoms with Crippen molar-refractivity contribution in [1.82, 2.24) is 9.80 Å². The summed E-state index contributed by atoms with van der Waals surface area (Å²) in [6.45, 7) is 7.16. The van der Waals surface area contributed by atoms with Crippen LogP contribution in [-0.2, 0) is 4.74 Å². The summed E-state index contributed by atoms with van der Waals surface area (Å²) in [5, 5.41) is 0. The van der Waals surface area contributed by atoms with Gasteiger partial charge in [-0.3, -0.25) is 0 Å². The second-order valence-electron chi connectivity index (χ2n) is 4.20. The number of unbranched alkanes of at least 4 members (excludes halogenated alkanes) is 2. The Bertz CT molecular complexity index is 133. The van der Waals surface area contributed by atoms with Crippen LogP contribution in [0.1, 0.15) is 19.3 Å². The lowest BCUT2D eigenvalue weighted by atomic mass is 10.2. The van der Waals surface area contributed by atoms with E-state index in [0.717, 1.165) is 6.61 Å². The van der Waals surface area contributed by atoms with Crippen LogP contribution in [-0.4, -0.2) is 63.3 Å². The number of likely N-dealkylation sites (N-methyl/N-ethyl adjacent to an activating group) is 1. The first-order valence-electron chi connectivity index (χ1n) is 5.73. The number of hydrogen-bond donors (Lipinski definition) is 0. The molecular weight excluding hydrogens is 176 g/mol. The largest absolute Gasteiger partial charge is 0.385 e. The Balaban J connectivity index is 1.91. The lowest BCUT2D eigenvalue weighted by Crippen LogP contribution is -2.44. The molecule has 3 nitrogen and oxygen atoms in total. The maximum Gasteiger partial charge on any atom is 0.0462 e. The number of piperazine rings is 1. The zero-order valence-electron chi connectivity index (χ0n) is 9.67. The standard InChI is InChI=1S/C11H24N2O/c1-12-7-9-13(10-8-12)6-4-3-5-11-14-2/h3-11H2,1-2H3. The highest BCUT2D eigenvalue weighted by molar-refractivity contribution is 4.68. The van der Waals surface area contributed by atoms with E-state index in [1.54, 1.807) is 7.11 Å². The van der Waals surface area contributed by atoms with Crippen molar-refractivity contribution >= 4 is 0 Å². The summed E-state index contributed by atoms with van der Waals surface area (Å²) < 4.78 is 5.03. The highest BCUT2D eigenvalue weighted by Crippen LogP contribution is 2.03. The molecule has 0 spiro atoms. The average Bonchev–Trinajstić information content (AvgIpc) is 2.21. The molecule has 3 heteroatoms. The second-order valence-corrected chi connectivity index (χ2v) is 4.20. The number of nitrogens with zero attached hydrogens (tertiary/aromatic N) is 2. The fourth-order valence-electron chi connectivity index (χ4n) is 1.83. The molecule has 1 rings (SSSR count). The lowest BCUT2D eigenvalue weighted by molar-refractivity contribution is 0.149. The summed E-state index contributed by atoms with van der Waals surface area (Å²) in [6, 6.07) is 0. The zero-order chi connectivity index (χ0) is 10.2. The van der Waals surface area contributed by atoms with Crippen LogP contribution >= 0.6 is 0 Å². The van der Waals surface area contributed by atoms with Crippen molar-refractivity contribution < 1.29 is 4.74 Å². The van der Waals surface area contributed by atoms with Gasteiger partial charge in [-0.25, -0.2) is 0 Å². The van der Waals surface area contributed by atoms with Crippen LogP contribution in [0.2, 0.25) is 0 Å². The molecular formula is C11H24N2O. The van der Waals surface area contributed by atoms with Gasteiger partial charge in [0.1, 0.15) is 0 Å². The fraction of sp³-hybridized carbons (Fsp3) is 1.00. The molecule has 0 atom stereocenters. The van der Waals surface area contributed by atoms with E-state index >= 15 is 0 Å². The number of methoxy groups -OCH3 is 1. The van der Waals surface area contributed by atoms with Crippen LogP contribution < -0.4 is 0 Å². The molecule has 0 aromatic carbocycles. The van der Waals surface area contributed by atoms with Crippen LogP contribution in [0.5, 0.6) is 0 Å². The number of hydrogen-bond acceptors (Lipinski definition) is 3. The lowest BCUT2D eigenvalue weighted by Gasteiger charge is -2.32. The first-order chi connectivity index (χ1) is 6.83. The van der Waals surface area contributed by atoms with Crippen molar-refractivity contribution in [2.75, 3.05) is 53.5 Å². The van der Waals surface area contributed by atoms with Crippen molar-refractivity contribution in [3.05, 3.63) is 0 Å². The van der Waals surface area contributed by atoms with Crippen molar-refractivity contribution in [2.24, 2.45) is 0 Å². The Morgan fingerprint density at radius 2 is 1.71 bits per heavy atom. The van der Waals surface area contributed by atoms with Crippen molar-refractivity contribution in [3.63, 3.8) is 0 Å². The van der Waals surface area contributed by atoms with Crippen molar-refractivity contribution in [2.45, 2.75) is 19.3 Å². The smallest absolute Gasteiger partial charge is 0.0462 e. The highest BCUT2D eigenvalue weighted by Gasteiger charge is 2.12. The van der Waals surface area contributed by atoms with Gasteiger partial charge in [-0.05, 0) is 32.9 Å². The molecule has 1 aliphatic heterocycles. The third kappa shape index (κ3) is 4.94. The SMILES string of the molecule is COCCCCCN1CCN(C)CC1. The quantitative estimate of drug-likeness (QED) is 0.596. The van der Waals surface area contributed by atoms with Crippen LogP contribution in [0.25, 0.3) is 0 Å². The predicted molar refractivity (Wildman–Crippen MR) is 59.7 cm³/mol.